The van der Waals surface area contributed by atoms with Gasteiger partial charge >= 0.3 is 0 Å². The Kier molecular flexibility index (Phi) is 5.15. The van der Waals surface area contributed by atoms with E-state index in [1.54, 1.807) is 0 Å². The average Bonchev–Trinajstić information content (AvgIpc) is 2.16. The van der Waals surface area contributed by atoms with Gasteiger partial charge in [0.25, 0.3) is 0 Å². The first kappa shape index (κ1) is 12.9. The summed E-state index contributed by atoms with van der Waals surface area (Å²) >= 11 is 0. The van der Waals surface area contributed by atoms with Gasteiger partial charge in [0.2, 0.25) is 0 Å². The molecule has 16 heavy (non-hydrogen) atoms. The zero-order valence-corrected chi connectivity index (χ0v) is 9.95. The summed E-state index contributed by atoms with van der Waals surface area (Å²) in [6, 6.07) is 6.17. The molecule has 0 radical (unpaired) electrons. The highest BCUT2D eigenvalue weighted by atomic mass is 16.5. The van der Waals surface area contributed by atoms with E-state index in [1.165, 1.54) is 11.1 Å². The second-order valence-electron chi connectivity index (χ2n) is 4.05. The Bertz CT molecular complexity index is 341. The van der Waals surface area contributed by atoms with Crippen molar-refractivity contribution in [1.82, 2.24) is 0 Å². The number of rotatable bonds is 6. The molecule has 0 saturated carbocycles. The second-order valence-corrected chi connectivity index (χ2v) is 4.05. The van der Waals surface area contributed by atoms with E-state index in [0.717, 1.165) is 5.56 Å². The van der Waals surface area contributed by atoms with Crippen LogP contribution in [0, 0.1) is 13.8 Å². The van der Waals surface area contributed by atoms with Crippen molar-refractivity contribution in [2.45, 2.75) is 20.3 Å². The van der Waals surface area contributed by atoms with Crippen LogP contribution in [0.5, 0.6) is 0 Å². The van der Waals surface area contributed by atoms with Crippen molar-refractivity contribution in [1.29, 1.82) is 0 Å². The SMILES string of the molecule is Cc1cc(C)cc(CC(=O)COCCN)c1. The average molecular weight is 221 g/mol. The third-order valence-corrected chi connectivity index (χ3v) is 2.21. The van der Waals surface area contributed by atoms with Crippen LogP contribution in [0.25, 0.3) is 0 Å². The Morgan fingerprint density at radius 2 is 1.88 bits per heavy atom. The number of hydrogen-bond donors (Lipinski definition) is 1. The minimum Gasteiger partial charge on any atom is -0.372 e. The van der Waals surface area contributed by atoms with Crippen LogP contribution in [0.15, 0.2) is 18.2 Å². The quantitative estimate of drug-likeness (QED) is 0.738. The van der Waals surface area contributed by atoms with Gasteiger partial charge in [-0.15, -0.1) is 0 Å². The fraction of sp³-hybridized carbons (Fsp3) is 0.462. The fourth-order valence-corrected chi connectivity index (χ4v) is 1.72. The molecule has 88 valence electrons. The Hall–Kier alpha value is -1.19. The topological polar surface area (TPSA) is 52.3 Å². The third-order valence-electron chi connectivity index (χ3n) is 2.21. The lowest BCUT2D eigenvalue weighted by Gasteiger charge is -2.05. The van der Waals surface area contributed by atoms with Gasteiger partial charge in [0.05, 0.1) is 6.61 Å². The molecule has 0 aliphatic carbocycles. The third kappa shape index (κ3) is 4.55. The first-order valence-corrected chi connectivity index (χ1v) is 5.48. The number of ether oxygens (including phenoxy) is 1. The van der Waals surface area contributed by atoms with Gasteiger partial charge in [-0.1, -0.05) is 29.3 Å². The summed E-state index contributed by atoms with van der Waals surface area (Å²) in [6.07, 6.45) is 0.438. The molecule has 0 aliphatic heterocycles. The lowest BCUT2D eigenvalue weighted by atomic mass is 10.0. The number of Topliss-reactive ketones (excluding diaryl/α,β-unsaturated/α-hetero) is 1. The van der Waals surface area contributed by atoms with E-state index in [1.807, 2.05) is 26.0 Å². The van der Waals surface area contributed by atoms with E-state index >= 15 is 0 Å². The summed E-state index contributed by atoms with van der Waals surface area (Å²) in [7, 11) is 0. The molecule has 0 heterocycles. The smallest absolute Gasteiger partial charge is 0.162 e. The van der Waals surface area contributed by atoms with Gasteiger partial charge < -0.3 is 10.5 Å². The minimum absolute atomic E-state index is 0.0958. The lowest BCUT2D eigenvalue weighted by molar-refractivity contribution is -0.122. The summed E-state index contributed by atoms with van der Waals surface area (Å²) < 4.78 is 5.10. The molecular weight excluding hydrogens is 202 g/mol. The maximum Gasteiger partial charge on any atom is 0.162 e. The van der Waals surface area contributed by atoms with Crippen molar-refractivity contribution in [3.05, 3.63) is 34.9 Å². The zero-order valence-electron chi connectivity index (χ0n) is 9.95. The molecule has 0 aliphatic rings. The molecule has 3 nitrogen and oxygen atoms in total. The van der Waals surface area contributed by atoms with Gasteiger partial charge in [-0.3, -0.25) is 4.79 Å². The molecule has 0 atom stereocenters. The predicted molar refractivity (Wildman–Crippen MR) is 64.5 cm³/mol. The largest absolute Gasteiger partial charge is 0.372 e. The van der Waals surface area contributed by atoms with Crippen molar-refractivity contribution < 1.29 is 9.53 Å². The van der Waals surface area contributed by atoms with Crippen LogP contribution in [-0.2, 0) is 16.0 Å². The first-order chi connectivity index (χ1) is 7.61. The Balaban J connectivity index is 2.49. The molecule has 0 bridgehead atoms. The fourth-order valence-electron chi connectivity index (χ4n) is 1.72. The molecule has 0 aromatic heterocycles. The van der Waals surface area contributed by atoms with Gasteiger partial charge in [-0.2, -0.15) is 0 Å². The summed E-state index contributed by atoms with van der Waals surface area (Å²) in [6.45, 7) is 5.12. The predicted octanol–water partition coefficient (Wildman–Crippen LogP) is 1.39. The summed E-state index contributed by atoms with van der Waals surface area (Å²) in [5, 5.41) is 0. The molecule has 0 unspecified atom stereocenters. The number of aryl methyl sites for hydroxylation is 2. The lowest BCUT2D eigenvalue weighted by Crippen LogP contribution is -2.16. The molecule has 1 aromatic rings. The van der Waals surface area contributed by atoms with E-state index in [9.17, 15) is 4.79 Å². The number of benzene rings is 1. The maximum absolute atomic E-state index is 11.5. The van der Waals surface area contributed by atoms with E-state index < -0.39 is 0 Å². The number of carbonyl (C=O) groups is 1. The standard InChI is InChI=1S/C13H19NO2/c1-10-5-11(2)7-12(6-10)8-13(15)9-16-4-3-14/h5-7H,3-4,8-9,14H2,1-2H3. The maximum atomic E-state index is 11.5. The van der Waals surface area contributed by atoms with E-state index in [4.69, 9.17) is 10.5 Å². The van der Waals surface area contributed by atoms with Crippen LogP contribution in [-0.4, -0.2) is 25.5 Å². The monoisotopic (exact) mass is 221 g/mol. The molecule has 2 N–H and O–H groups in total. The Labute approximate surface area is 96.6 Å². The molecular formula is C13H19NO2. The van der Waals surface area contributed by atoms with E-state index in [0.29, 0.717) is 19.6 Å². The van der Waals surface area contributed by atoms with Crippen molar-refractivity contribution in [3.8, 4) is 0 Å². The van der Waals surface area contributed by atoms with Crippen LogP contribution in [0.3, 0.4) is 0 Å². The minimum atomic E-state index is 0.0958. The van der Waals surface area contributed by atoms with Crippen molar-refractivity contribution in [2.75, 3.05) is 19.8 Å². The van der Waals surface area contributed by atoms with Crippen molar-refractivity contribution >= 4 is 5.78 Å². The normalized spacial score (nSPS) is 10.4. The highest BCUT2D eigenvalue weighted by Gasteiger charge is 2.04. The number of hydrogen-bond acceptors (Lipinski definition) is 3. The van der Waals surface area contributed by atoms with E-state index in [2.05, 4.69) is 6.07 Å². The number of carbonyl (C=O) groups excluding carboxylic acids is 1. The zero-order chi connectivity index (χ0) is 12.0. The highest BCUT2D eigenvalue weighted by Crippen LogP contribution is 2.09. The Morgan fingerprint density at radius 1 is 1.25 bits per heavy atom. The van der Waals surface area contributed by atoms with Gasteiger partial charge in [0.1, 0.15) is 6.61 Å². The van der Waals surface area contributed by atoms with E-state index in [-0.39, 0.29) is 12.4 Å². The second kappa shape index (κ2) is 6.40. The highest BCUT2D eigenvalue weighted by molar-refractivity contribution is 5.82. The number of ketones is 1. The molecule has 1 aromatic carbocycles. The summed E-state index contributed by atoms with van der Waals surface area (Å²) in [4.78, 5) is 11.5. The van der Waals surface area contributed by atoms with Crippen LogP contribution < -0.4 is 5.73 Å². The first-order valence-electron chi connectivity index (χ1n) is 5.48. The van der Waals surface area contributed by atoms with Crippen LogP contribution >= 0.6 is 0 Å². The van der Waals surface area contributed by atoms with Crippen LogP contribution in [0.2, 0.25) is 0 Å². The van der Waals surface area contributed by atoms with Crippen molar-refractivity contribution in [3.63, 3.8) is 0 Å². The molecule has 0 amide bonds. The molecule has 0 fully saturated rings. The van der Waals surface area contributed by atoms with Crippen molar-refractivity contribution in [2.24, 2.45) is 5.73 Å². The van der Waals surface area contributed by atoms with Crippen LogP contribution in [0.1, 0.15) is 16.7 Å². The van der Waals surface area contributed by atoms with Crippen LogP contribution in [0.4, 0.5) is 0 Å². The van der Waals surface area contributed by atoms with Gasteiger partial charge in [0.15, 0.2) is 5.78 Å². The van der Waals surface area contributed by atoms with Gasteiger partial charge in [-0.25, -0.2) is 0 Å². The number of nitrogens with two attached hydrogens (primary N) is 1. The summed E-state index contributed by atoms with van der Waals surface area (Å²) in [5.41, 5.74) is 8.70. The Morgan fingerprint density at radius 3 is 2.44 bits per heavy atom. The molecule has 0 spiro atoms. The summed E-state index contributed by atoms with van der Waals surface area (Å²) in [5.74, 6) is 0.0958. The molecule has 1 rings (SSSR count). The van der Waals surface area contributed by atoms with Gasteiger partial charge in [0, 0.05) is 13.0 Å². The molecule has 0 saturated heterocycles. The van der Waals surface area contributed by atoms with Gasteiger partial charge in [-0.05, 0) is 19.4 Å². The molecule has 3 heteroatoms.